The molecule has 1 aliphatic carbocycles. The van der Waals surface area contributed by atoms with Gasteiger partial charge in [-0.05, 0) is 37.5 Å². The molecule has 106 valence electrons. The fourth-order valence-electron chi connectivity index (χ4n) is 2.29. The summed E-state index contributed by atoms with van der Waals surface area (Å²) in [5.41, 5.74) is 2.46. The number of aryl methyl sites for hydroxylation is 2. The maximum Gasteiger partial charge on any atom is 0.242 e. The number of nitrogens with zero attached hydrogens (tertiary/aromatic N) is 3. The van der Waals surface area contributed by atoms with Gasteiger partial charge in [-0.15, -0.1) is 5.10 Å². The van der Waals surface area contributed by atoms with Crippen LogP contribution in [0.15, 0.2) is 0 Å². The Bertz CT molecular complexity index is 418. The van der Waals surface area contributed by atoms with E-state index in [9.17, 15) is 0 Å². The summed E-state index contributed by atoms with van der Waals surface area (Å²) in [7, 11) is 1.76. The lowest BCUT2D eigenvalue weighted by molar-refractivity contribution is 0.174. The van der Waals surface area contributed by atoms with Crippen molar-refractivity contribution in [3.63, 3.8) is 0 Å². The van der Waals surface area contributed by atoms with Crippen molar-refractivity contribution in [3.05, 3.63) is 11.4 Å². The highest BCUT2D eigenvalue weighted by molar-refractivity contribution is 5.27. The lowest BCUT2D eigenvalue weighted by Crippen LogP contribution is -2.19. The highest BCUT2D eigenvalue weighted by atomic mass is 16.5. The molecule has 0 bridgehead atoms. The average Bonchev–Trinajstić information content (AvgIpc) is 3.23. The number of ether oxygens (including phenoxy) is 1. The molecule has 0 radical (unpaired) electrons. The van der Waals surface area contributed by atoms with E-state index in [-0.39, 0.29) is 0 Å². The van der Waals surface area contributed by atoms with Crippen molar-refractivity contribution in [3.8, 4) is 0 Å². The van der Waals surface area contributed by atoms with Gasteiger partial charge in [0.05, 0.1) is 11.4 Å². The fourth-order valence-corrected chi connectivity index (χ4v) is 2.29. The maximum absolute atomic E-state index is 5.17. The Morgan fingerprint density at radius 2 is 1.89 bits per heavy atom. The minimum Gasteiger partial charge on any atom is -0.385 e. The Kier molecular flexibility index (Phi) is 4.69. The molecule has 1 N–H and O–H groups in total. The maximum atomic E-state index is 5.17. The summed E-state index contributed by atoms with van der Waals surface area (Å²) in [6, 6.07) is 0. The van der Waals surface area contributed by atoms with Crippen molar-refractivity contribution in [2.45, 2.75) is 46.0 Å². The van der Waals surface area contributed by atoms with E-state index in [4.69, 9.17) is 4.74 Å². The zero-order valence-corrected chi connectivity index (χ0v) is 12.2. The number of nitrogens with one attached hydrogen (secondary N) is 1. The van der Waals surface area contributed by atoms with E-state index in [0.717, 1.165) is 43.8 Å². The van der Waals surface area contributed by atoms with Crippen LogP contribution in [0.4, 0.5) is 5.95 Å². The van der Waals surface area contributed by atoms with Crippen molar-refractivity contribution in [2.24, 2.45) is 5.41 Å². The van der Waals surface area contributed by atoms with Gasteiger partial charge in [-0.25, -0.2) is 4.98 Å². The van der Waals surface area contributed by atoms with Gasteiger partial charge in [-0.3, -0.25) is 0 Å². The molecular formula is C14H24N4O. The number of aromatic nitrogens is 3. The van der Waals surface area contributed by atoms with Gasteiger partial charge >= 0.3 is 0 Å². The normalized spacial score (nSPS) is 16.4. The van der Waals surface area contributed by atoms with Gasteiger partial charge in [0.15, 0.2) is 0 Å². The van der Waals surface area contributed by atoms with Crippen LogP contribution in [0.2, 0.25) is 0 Å². The van der Waals surface area contributed by atoms with E-state index in [1.165, 1.54) is 12.8 Å². The van der Waals surface area contributed by atoms with E-state index >= 15 is 0 Å². The highest BCUT2D eigenvalue weighted by Crippen LogP contribution is 2.48. The standard InChI is InChI=1S/C14H24N4O/c1-4-11-12(5-2)17-18-13(16-11)15-10-14(6-7-14)8-9-19-3/h4-10H2,1-3H3,(H,15,16,18). The predicted octanol–water partition coefficient (Wildman–Crippen LogP) is 2.22. The molecule has 0 saturated heterocycles. The third kappa shape index (κ3) is 3.62. The second kappa shape index (κ2) is 6.28. The van der Waals surface area contributed by atoms with Crippen molar-refractivity contribution < 1.29 is 4.74 Å². The molecule has 5 nitrogen and oxygen atoms in total. The third-order valence-corrected chi connectivity index (χ3v) is 3.92. The van der Waals surface area contributed by atoms with Crippen molar-refractivity contribution in [2.75, 3.05) is 25.6 Å². The Hall–Kier alpha value is -1.23. The first-order valence-corrected chi connectivity index (χ1v) is 7.18. The molecule has 1 aliphatic rings. The van der Waals surface area contributed by atoms with E-state index in [1.54, 1.807) is 7.11 Å². The minimum absolute atomic E-state index is 0.398. The molecule has 0 atom stereocenters. The topological polar surface area (TPSA) is 59.9 Å². The average molecular weight is 264 g/mol. The van der Waals surface area contributed by atoms with Crippen LogP contribution < -0.4 is 5.32 Å². The summed E-state index contributed by atoms with van der Waals surface area (Å²) < 4.78 is 5.17. The van der Waals surface area contributed by atoms with Crippen LogP contribution in [0.1, 0.15) is 44.5 Å². The van der Waals surface area contributed by atoms with Gasteiger partial charge in [0.25, 0.3) is 0 Å². The molecule has 0 spiro atoms. The lowest BCUT2D eigenvalue weighted by atomic mass is 10.0. The molecule has 0 aromatic carbocycles. The van der Waals surface area contributed by atoms with Crippen LogP contribution in [0.3, 0.4) is 0 Å². The molecular weight excluding hydrogens is 240 g/mol. The largest absolute Gasteiger partial charge is 0.385 e. The first-order chi connectivity index (χ1) is 9.23. The highest BCUT2D eigenvalue weighted by Gasteiger charge is 2.41. The van der Waals surface area contributed by atoms with E-state index < -0.39 is 0 Å². The van der Waals surface area contributed by atoms with Crippen LogP contribution >= 0.6 is 0 Å². The Balaban J connectivity index is 1.92. The molecule has 1 aromatic heterocycles. The molecule has 1 saturated carbocycles. The quantitative estimate of drug-likeness (QED) is 0.780. The van der Waals surface area contributed by atoms with Gasteiger partial charge < -0.3 is 10.1 Å². The molecule has 1 fully saturated rings. The summed E-state index contributed by atoms with van der Waals surface area (Å²) in [4.78, 5) is 4.56. The molecule has 0 aliphatic heterocycles. The zero-order valence-electron chi connectivity index (χ0n) is 12.2. The van der Waals surface area contributed by atoms with Gasteiger partial charge in [-0.2, -0.15) is 5.10 Å². The molecule has 1 heterocycles. The molecule has 1 aromatic rings. The lowest BCUT2D eigenvalue weighted by Gasteiger charge is -2.15. The first kappa shape index (κ1) is 14.2. The summed E-state index contributed by atoms with van der Waals surface area (Å²) in [6.45, 7) is 5.94. The van der Waals surface area contributed by atoms with Gasteiger partial charge in [-0.1, -0.05) is 13.8 Å². The second-order valence-electron chi connectivity index (χ2n) is 5.33. The third-order valence-electron chi connectivity index (χ3n) is 3.92. The number of methoxy groups -OCH3 is 1. The van der Waals surface area contributed by atoms with Crippen LogP contribution in [-0.4, -0.2) is 35.4 Å². The fraction of sp³-hybridized carbons (Fsp3) is 0.786. The van der Waals surface area contributed by atoms with Gasteiger partial charge in [0, 0.05) is 20.3 Å². The molecule has 0 amide bonds. The minimum atomic E-state index is 0.398. The number of rotatable bonds is 8. The summed E-state index contributed by atoms with van der Waals surface area (Å²) >= 11 is 0. The molecule has 0 unspecified atom stereocenters. The molecule has 5 heteroatoms. The van der Waals surface area contributed by atoms with Crippen molar-refractivity contribution >= 4 is 5.95 Å². The van der Waals surface area contributed by atoms with Crippen LogP contribution in [0, 0.1) is 5.41 Å². The Morgan fingerprint density at radius 3 is 2.47 bits per heavy atom. The molecule has 2 rings (SSSR count). The summed E-state index contributed by atoms with van der Waals surface area (Å²) in [5, 5.41) is 11.8. The predicted molar refractivity (Wildman–Crippen MR) is 75.2 cm³/mol. The van der Waals surface area contributed by atoms with Crippen LogP contribution in [-0.2, 0) is 17.6 Å². The number of anilines is 1. The van der Waals surface area contributed by atoms with Crippen LogP contribution in [0.25, 0.3) is 0 Å². The summed E-state index contributed by atoms with van der Waals surface area (Å²) in [5.74, 6) is 0.665. The van der Waals surface area contributed by atoms with Crippen molar-refractivity contribution in [1.82, 2.24) is 15.2 Å². The van der Waals surface area contributed by atoms with Crippen LogP contribution in [0.5, 0.6) is 0 Å². The van der Waals surface area contributed by atoms with Gasteiger partial charge in [0.1, 0.15) is 0 Å². The second-order valence-corrected chi connectivity index (χ2v) is 5.33. The SMILES string of the molecule is CCc1nnc(NCC2(CCOC)CC2)nc1CC. The molecule has 19 heavy (non-hydrogen) atoms. The van der Waals surface area contributed by atoms with E-state index in [2.05, 4.69) is 34.3 Å². The number of hydrogen-bond donors (Lipinski definition) is 1. The Morgan fingerprint density at radius 1 is 1.16 bits per heavy atom. The zero-order chi connectivity index (χ0) is 13.7. The Labute approximate surface area is 115 Å². The van der Waals surface area contributed by atoms with E-state index in [0.29, 0.717) is 11.4 Å². The smallest absolute Gasteiger partial charge is 0.242 e. The summed E-state index contributed by atoms with van der Waals surface area (Å²) in [6.07, 6.45) is 5.44. The monoisotopic (exact) mass is 264 g/mol. The van der Waals surface area contributed by atoms with E-state index in [1.807, 2.05) is 0 Å². The first-order valence-electron chi connectivity index (χ1n) is 7.18. The van der Waals surface area contributed by atoms with Gasteiger partial charge in [0.2, 0.25) is 5.95 Å². The van der Waals surface area contributed by atoms with Crippen molar-refractivity contribution in [1.29, 1.82) is 0 Å². The number of hydrogen-bond acceptors (Lipinski definition) is 5.